The van der Waals surface area contributed by atoms with E-state index >= 15 is 9.59 Å². The fraction of sp³-hybridized carbons (Fsp3) is 0.500. The molecule has 3 aromatic rings. The molecule has 0 spiro atoms. The first-order valence-electron chi connectivity index (χ1n) is 23.1. The lowest BCUT2D eigenvalue weighted by atomic mass is 9.44. The third-order valence-corrected chi connectivity index (χ3v) is 14.4. The Morgan fingerprint density at radius 3 is 2.11 bits per heavy atom. The summed E-state index contributed by atoms with van der Waals surface area (Å²) in [5.74, 6) is -6.74. The van der Waals surface area contributed by atoms with Gasteiger partial charge in [-0.1, -0.05) is 92.7 Å². The van der Waals surface area contributed by atoms with Gasteiger partial charge in [-0.05, 0) is 48.3 Å². The van der Waals surface area contributed by atoms with Crippen molar-refractivity contribution in [1.29, 1.82) is 0 Å². The second-order valence-corrected chi connectivity index (χ2v) is 18.9. The fourth-order valence-corrected chi connectivity index (χ4v) is 10.7. The van der Waals surface area contributed by atoms with Crippen molar-refractivity contribution in [2.75, 3.05) is 33.5 Å². The summed E-state index contributed by atoms with van der Waals surface area (Å²) in [6.45, 7) is 7.60. The van der Waals surface area contributed by atoms with Crippen LogP contribution in [0, 0.1) is 16.7 Å². The molecule has 1 heterocycles. The van der Waals surface area contributed by atoms with Gasteiger partial charge in [-0.2, -0.15) is 0 Å². The molecule has 2 saturated carbocycles. The maximum Gasteiger partial charge on any atom is 0.350 e. The standard InChI is InChI=1S/C52H61NO17/c1-30-36(67-48(60)43(68-39(57)28-63-24-23-62-7)41(34-19-13-9-14-20-34)53-47(59)35-21-15-10-16-22-35)26-52(61)46(70-65-27-33-17-11-8-12-18-33)44-50(6,37(56)25-38-51(44,29-64-38)69-32(3)55)45(58)42(66-31(2)54)40(30)49(52,4)5/h8-22,36-38,41-44,46,56,61H,23-29H2,1-7H3,(H,53,59)/t36-,37-,38+,41-,42+,43+,44-,46-,50+,51-,52+/m0/s1. The second kappa shape index (κ2) is 21.2. The first-order chi connectivity index (χ1) is 33.3. The molecule has 0 radical (unpaired) electrons. The van der Waals surface area contributed by atoms with Crippen molar-refractivity contribution < 1.29 is 81.9 Å². The molecule has 1 aliphatic heterocycles. The molecule has 1 saturated heterocycles. The first kappa shape index (κ1) is 52.0. The molecule has 3 N–H and O–H groups in total. The van der Waals surface area contributed by atoms with Gasteiger partial charge in [-0.3, -0.25) is 19.2 Å². The van der Waals surface area contributed by atoms with Gasteiger partial charge in [0.2, 0.25) is 6.10 Å². The van der Waals surface area contributed by atoms with Crippen LogP contribution in [-0.4, -0.2) is 127 Å². The highest BCUT2D eigenvalue weighted by Gasteiger charge is 2.78. The highest BCUT2D eigenvalue weighted by atomic mass is 17.2. The number of esters is 4. The average Bonchev–Trinajstić information content (AvgIpc) is 3.32. The highest BCUT2D eigenvalue weighted by Crippen LogP contribution is 2.64. The van der Waals surface area contributed by atoms with Crippen LogP contribution in [0.1, 0.15) is 81.9 Å². The fourth-order valence-electron chi connectivity index (χ4n) is 10.7. The third kappa shape index (κ3) is 9.90. The van der Waals surface area contributed by atoms with E-state index in [1.165, 1.54) is 21.0 Å². The van der Waals surface area contributed by atoms with Crippen LogP contribution in [0.15, 0.2) is 102 Å². The Balaban J connectivity index is 1.38. The smallest absolute Gasteiger partial charge is 0.350 e. The lowest BCUT2D eigenvalue weighted by Gasteiger charge is -2.67. The number of rotatable bonds is 18. The molecular formula is C52H61NO17. The molecule has 18 heteroatoms. The van der Waals surface area contributed by atoms with Crippen LogP contribution in [0.4, 0.5) is 0 Å². The monoisotopic (exact) mass is 971 g/mol. The van der Waals surface area contributed by atoms with Crippen LogP contribution < -0.4 is 5.32 Å². The molecule has 7 rings (SSSR count). The van der Waals surface area contributed by atoms with E-state index in [2.05, 4.69) is 5.32 Å². The van der Waals surface area contributed by atoms with Gasteiger partial charge in [0.1, 0.15) is 43.2 Å². The molecule has 18 nitrogen and oxygen atoms in total. The topological polar surface area (TPSA) is 238 Å². The molecule has 376 valence electrons. The van der Waals surface area contributed by atoms with Crippen molar-refractivity contribution >= 4 is 35.6 Å². The molecule has 11 atom stereocenters. The normalized spacial score (nSPS) is 29.6. The zero-order valence-corrected chi connectivity index (χ0v) is 40.2. The van der Waals surface area contributed by atoms with Crippen LogP contribution in [0.25, 0.3) is 0 Å². The van der Waals surface area contributed by atoms with E-state index in [0.29, 0.717) is 11.1 Å². The number of carbonyl (C=O) groups is 6. The minimum atomic E-state index is -2.33. The maximum atomic E-state index is 15.7. The van der Waals surface area contributed by atoms with Gasteiger partial charge in [0, 0.05) is 44.8 Å². The number of benzene rings is 3. The van der Waals surface area contributed by atoms with E-state index in [0.717, 1.165) is 6.92 Å². The number of amides is 1. The summed E-state index contributed by atoms with van der Waals surface area (Å²) in [5.41, 5.74) is -6.24. The first-order valence-corrected chi connectivity index (χ1v) is 23.1. The number of ether oxygens (including phenoxy) is 7. The van der Waals surface area contributed by atoms with Crippen LogP contribution >= 0.6 is 0 Å². The number of aliphatic hydroxyl groups is 2. The predicted molar refractivity (Wildman–Crippen MR) is 245 cm³/mol. The van der Waals surface area contributed by atoms with Gasteiger partial charge in [-0.25, -0.2) is 19.4 Å². The molecule has 0 unspecified atom stereocenters. The summed E-state index contributed by atoms with van der Waals surface area (Å²) in [7, 11) is 1.45. The van der Waals surface area contributed by atoms with Crippen LogP contribution in [0.2, 0.25) is 0 Å². The maximum absolute atomic E-state index is 15.7. The molecule has 70 heavy (non-hydrogen) atoms. The van der Waals surface area contributed by atoms with Crippen molar-refractivity contribution in [2.24, 2.45) is 16.7 Å². The molecule has 4 aliphatic rings. The number of fused-ring (bicyclic) bond motifs is 5. The summed E-state index contributed by atoms with van der Waals surface area (Å²) >= 11 is 0. The van der Waals surface area contributed by atoms with Gasteiger partial charge >= 0.3 is 23.9 Å². The minimum Gasteiger partial charge on any atom is -0.455 e. The largest absolute Gasteiger partial charge is 0.455 e. The SMILES string of the molecule is COCCOCC(=O)O[C@@H](C(=O)O[C@H]1C[C@@]2(O)[C@@H](OOCc3ccccc3)[C@@H]3[C@]4(OC(C)=O)CO[C@@H]4C[C@H](O)[C@@]3(C)C(=O)[C@H](OC(C)=O)C(=C1C)C2(C)C)[C@@H](NC(=O)c1ccccc1)c1ccccc1. The van der Waals surface area contributed by atoms with Crippen molar-refractivity contribution in [2.45, 2.75) is 115 Å². The average molecular weight is 972 g/mol. The zero-order valence-electron chi connectivity index (χ0n) is 40.2. The molecule has 3 aliphatic carbocycles. The lowest BCUT2D eigenvalue weighted by molar-refractivity contribution is -0.420. The number of ketones is 1. The molecule has 0 aromatic heterocycles. The van der Waals surface area contributed by atoms with Crippen LogP contribution in [0.5, 0.6) is 0 Å². The second-order valence-electron chi connectivity index (χ2n) is 18.9. The minimum absolute atomic E-state index is 0.0139. The number of carbonyl (C=O) groups excluding carboxylic acids is 6. The van der Waals surface area contributed by atoms with Gasteiger partial charge in [0.25, 0.3) is 5.91 Å². The van der Waals surface area contributed by atoms with E-state index in [-0.39, 0.29) is 49.6 Å². The Labute approximate surface area is 405 Å². The van der Waals surface area contributed by atoms with Gasteiger partial charge in [0.15, 0.2) is 17.5 Å². The summed E-state index contributed by atoms with van der Waals surface area (Å²) in [5, 5.41) is 28.9. The van der Waals surface area contributed by atoms with Gasteiger partial charge < -0.3 is 48.7 Å². The summed E-state index contributed by atoms with van der Waals surface area (Å²) in [6.07, 6.45) is -10.2. The van der Waals surface area contributed by atoms with Crippen molar-refractivity contribution in [3.05, 3.63) is 119 Å². The third-order valence-electron chi connectivity index (χ3n) is 14.4. The van der Waals surface area contributed by atoms with Crippen molar-refractivity contribution in [1.82, 2.24) is 5.32 Å². The number of aliphatic hydroxyl groups excluding tert-OH is 1. The molecule has 2 bridgehead atoms. The Bertz CT molecular complexity index is 2430. The summed E-state index contributed by atoms with van der Waals surface area (Å²) < 4.78 is 40.7. The number of hydrogen-bond donors (Lipinski definition) is 3. The van der Waals surface area contributed by atoms with Gasteiger partial charge in [0.05, 0.1) is 37.3 Å². The van der Waals surface area contributed by atoms with Crippen LogP contribution in [-0.2, 0) is 73.5 Å². The Kier molecular flexibility index (Phi) is 15.8. The van der Waals surface area contributed by atoms with E-state index in [1.807, 2.05) is 6.07 Å². The quantitative estimate of drug-likeness (QED) is 0.0404. The van der Waals surface area contributed by atoms with E-state index < -0.39 is 119 Å². The zero-order chi connectivity index (χ0) is 50.6. The summed E-state index contributed by atoms with van der Waals surface area (Å²) in [4.78, 5) is 97.0. The lowest BCUT2D eigenvalue weighted by Crippen LogP contribution is -2.81. The highest BCUT2D eigenvalue weighted by molar-refractivity contribution is 5.96. The summed E-state index contributed by atoms with van der Waals surface area (Å²) in [6, 6.07) is 24.0. The van der Waals surface area contributed by atoms with E-state index in [1.54, 1.807) is 106 Å². The Hall–Kier alpha value is -5.86. The number of hydrogen-bond acceptors (Lipinski definition) is 17. The number of methoxy groups -OCH3 is 1. The molecular weight excluding hydrogens is 911 g/mol. The van der Waals surface area contributed by atoms with E-state index in [9.17, 15) is 29.4 Å². The van der Waals surface area contributed by atoms with Crippen molar-refractivity contribution in [3.8, 4) is 0 Å². The molecule has 3 aromatic carbocycles. The van der Waals surface area contributed by atoms with Crippen molar-refractivity contribution in [3.63, 3.8) is 0 Å². The Morgan fingerprint density at radius 2 is 1.51 bits per heavy atom. The molecule has 1 amide bonds. The van der Waals surface area contributed by atoms with E-state index in [4.69, 9.17) is 42.9 Å². The molecule has 3 fully saturated rings. The van der Waals surface area contributed by atoms with Gasteiger partial charge in [-0.15, -0.1) is 0 Å². The number of nitrogens with one attached hydrogen (secondary N) is 1. The Morgan fingerprint density at radius 1 is 0.871 bits per heavy atom. The predicted octanol–water partition coefficient (Wildman–Crippen LogP) is 4.24. The number of Topliss-reactive ketones (excluding diaryl/α,β-unsaturated/α-hetero) is 1. The van der Waals surface area contributed by atoms with Crippen LogP contribution in [0.3, 0.4) is 0 Å².